The second-order valence-electron chi connectivity index (χ2n) is 6.50. The molecule has 2 unspecified atom stereocenters. The van der Waals surface area contributed by atoms with Gasteiger partial charge in [0.15, 0.2) is 0 Å². The molecule has 0 aromatic heterocycles. The van der Waals surface area contributed by atoms with E-state index >= 15 is 0 Å². The van der Waals surface area contributed by atoms with Crippen LogP contribution in [0.3, 0.4) is 0 Å². The molecular formula is C16H25NOS. The van der Waals surface area contributed by atoms with Crippen LogP contribution < -0.4 is 0 Å². The van der Waals surface area contributed by atoms with Crippen molar-refractivity contribution in [2.24, 2.45) is 0 Å². The third-order valence-electron chi connectivity index (χ3n) is 3.64. The molecule has 1 aromatic carbocycles. The fraction of sp³-hybridized carbons (Fsp3) is 0.625. The first kappa shape index (κ1) is 14.9. The SMILES string of the molecule is CN1CCC(SC(C)(C)C)(c2ccccc2)C(O)C1. The van der Waals surface area contributed by atoms with E-state index in [1.807, 2.05) is 17.8 Å². The second kappa shape index (κ2) is 5.47. The van der Waals surface area contributed by atoms with Crippen molar-refractivity contribution in [1.82, 2.24) is 4.90 Å². The highest BCUT2D eigenvalue weighted by atomic mass is 32.2. The Morgan fingerprint density at radius 1 is 1.26 bits per heavy atom. The highest BCUT2D eigenvalue weighted by molar-refractivity contribution is 8.01. The molecule has 19 heavy (non-hydrogen) atoms. The molecule has 2 nitrogen and oxygen atoms in total. The van der Waals surface area contributed by atoms with Crippen LogP contribution in [0.4, 0.5) is 0 Å². The minimum Gasteiger partial charge on any atom is -0.390 e. The number of hydrogen-bond donors (Lipinski definition) is 1. The van der Waals surface area contributed by atoms with Gasteiger partial charge in [-0.05, 0) is 25.6 Å². The van der Waals surface area contributed by atoms with E-state index < -0.39 is 0 Å². The zero-order valence-electron chi connectivity index (χ0n) is 12.4. The Bertz CT molecular complexity index is 415. The van der Waals surface area contributed by atoms with Crippen molar-refractivity contribution >= 4 is 11.8 Å². The predicted molar refractivity (Wildman–Crippen MR) is 83.6 cm³/mol. The average molecular weight is 279 g/mol. The molecule has 0 aliphatic carbocycles. The van der Waals surface area contributed by atoms with Gasteiger partial charge < -0.3 is 10.0 Å². The quantitative estimate of drug-likeness (QED) is 0.900. The molecule has 0 bridgehead atoms. The number of rotatable bonds is 2. The van der Waals surface area contributed by atoms with E-state index in [0.717, 1.165) is 19.5 Å². The number of aliphatic hydroxyl groups excluding tert-OH is 1. The van der Waals surface area contributed by atoms with Crippen LogP contribution in [0.15, 0.2) is 30.3 Å². The van der Waals surface area contributed by atoms with Gasteiger partial charge in [-0.2, -0.15) is 0 Å². The number of piperidine rings is 1. The second-order valence-corrected chi connectivity index (χ2v) is 8.66. The number of nitrogens with zero attached hydrogens (tertiary/aromatic N) is 1. The van der Waals surface area contributed by atoms with Gasteiger partial charge in [0.2, 0.25) is 0 Å². The van der Waals surface area contributed by atoms with Gasteiger partial charge in [-0.25, -0.2) is 0 Å². The van der Waals surface area contributed by atoms with Crippen LogP contribution in [0, 0.1) is 0 Å². The topological polar surface area (TPSA) is 23.5 Å². The summed E-state index contributed by atoms with van der Waals surface area (Å²) in [4.78, 5) is 2.22. The highest BCUT2D eigenvalue weighted by Gasteiger charge is 2.45. The molecule has 1 heterocycles. The lowest BCUT2D eigenvalue weighted by molar-refractivity contribution is 0.0487. The van der Waals surface area contributed by atoms with Crippen molar-refractivity contribution < 1.29 is 5.11 Å². The molecule has 0 radical (unpaired) electrons. The maximum atomic E-state index is 10.7. The third kappa shape index (κ3) is 3.33. The Hall–Kier alpha value is -0.510. The van der Waals surface area contributed by atoms with Gasteiger partial charge >= 0.3 is 0 Å². The highest BCUT2D eigenvalue weighted by Crippen LogP contribution is 2.50. The lowest BCUT2D eigenvalue weighted by atomic mass is 9.86. The van der Waals surface area contributed by atoms with Crippen LogP contribution in [-0.4, -0.2) is 41.0 Å². The van der Waals surface area contributed by atoms with Crippen LogP contribution in [-0.2, 0) is 4.75 Å². The van der Waals surface area contributed by atoms with E-state index in [-0.39, 0.29) is 15.6 Å². The molecule has 1 fully saturated rings. The number of hydrogen-bond acceptors (Lipinski definition) is 3. The molecule has 1 aromatic rings. The van der Waals surface area contributed by atoms with E-state index in [1.165, 1.54) is 5.56 Å². The summed E-state index contributed by atoms with van der Waals surface area (Å²) in [5, 5.41) is 10.7. The van der Waals surface area contributed by atoms with E-state index in [2.05, 4.69) is 57.0 Å². The Morgan fingerprint density at radius 3 is 2.42 bits per heavy atom. The summed E-state index contributed by atoms with van der Waals surface area (Å²) < 4.78 is -0.0429. The molecule has 0 amide bonds. The van der Waals surface area contributed by atoms with E-state index in [9.17, 15) is 5.11 Å². The van der Waals surface area contributed by atoms with Gasteiger partial charge in [0.25, 0.3) is 0 Å². The Morgan fingerprint density at radius 2 is 1.89 bits per heavy atom. The van der Waals surface area contributed by atoms with E-state index in [1.54, 1.807) is 0 Å². The largest absolute Gasteiger partial charge is 0.390 e. The van der Waals surface area contributed by atoms with Crippen molar-refractivity contribution in [3.63, 3.8) is 0 Å². The van der Waals surface area contributed by atoms with E-state index in [0.29, 0.717) is 0 Å². The standard InChI is InChI=1S/C16H25NOS/c1-15(2,3)19-16(13-8-6-5-7-9-13)10-11-17(4)12-14(16)18/h5-9,14,18H,10-12H2,1-4H3. The summed E-state index contributed by atoms with van der Waals surface area (Å²) >= 11 is 1.91. The van der Waals surface area contributed by atoms with Crippen LogP contribution >= 0.6 is 11.8 Å². The maximum Gasteiger partial charge on any atom is 0.0854 e. The van der Waals surface area contributed by atoms with Crippen LogP contribution in [0.5, 0.6) is 0 Å². The Labute approximate surface area is 121 Å². The van der Waals surface area contributed by atoms with Gasteiger partial charge in [0.1, 0.15) is 0 Å². The average Bonchev–Trinajstić information content (AvgIpc) is 2.33. The Balaban J connectivity index is 2.39. The van der Waals surface area contributed by atoms with Crippen molar-refractivity contribution in [3.8, 4) is 0 Å². The van der Waals surface area contributed by atoms with Crippen molar-refractivity contribution in [1.29, 1.82) is 0 Å². The number of aliphatic hydroxyl groups is 1. The zero-order valence-corrected chi connectivity index (χ0v) is 13.2. The fourth-order valence-corrected chi connectivity index (χ4v) is 4.59. The number of β-amino-alcohol motifs (C(OH)–C–C–N with tert-alkyl or cyclic N) is 1. The summed E-state index contributed by atoms with van der Waals surface area (Å²) in [5.41, 5.74) is 1.26. The summed E-state index contributed by atoms with van der Waals surface area (Å²) in [6.07, 6.45) is 0.675. The summed E-state index contributed by atoms with van der Waals surface area (Å²) in [5.74, 6) is 0. The first-order chi connectivity index (χ1) is 8.83. The molecule has 2 atom stereocenters. The molecule has 106 valence electrons. The summed E-state index contributed by atoms with van der Waals surface area (Å²) in [7, 11) is 2.08. The maximum absolute atomic E-state index is 10.7. The van der Waals surface area contributed by atoms with Crippen LogP contribution in [0.2, 0.25) is 0 Å². The van der Waals surface area contributed by atoms with Crippen LogP contribution in [0.25, 0.3) is 0 Å². The molecule has 3 heteroatoms. The lowest BCUT2D eigenvalue weighted by Crippen LogP contribution is -2.51. The van der Waals surface area contributed by atoms with Gasteiger partial charge in [-0.15, -0.1) is 11.8 Å². The van der Waals surface area contributed by atoms with Crippen molar-refractivity contribution in [3.05, 3.63) is 35.9 Å². The van der Waals surface area contributed by atoms with Crippen molar-refractivity contribution in [2.75, 3.05) is 20.1 Å². The van der Waals surface area contributed by atoms with Gasteiger partial charge in [0.05, 0.1) is 10.9 Å². The Kier molecular flexibility index (Phi) is 4.29. The third-order valence-corrected chi connectivity index (χ3v) is 5.33. The zero-order chi connectivity index (χ0) is 14.1. The molecule has 1 aliphatic rings. The lowest BCUT2D eigenvalue weighted by Gasteiger charge is -2.47. The van der Waals surface area contributed by atoms with Crippen molar-refractivity contribution in [2.45, 2.75) is 42.8 Å². The van der Waals surface area contributed by atoms with Gasteiger partial charge in [0, 0.05) is 11.3 Å². The predicted octanol–water partition coefficient (Wildman–Crippen LogP) is 3.11. The first-order valence-corrected chi connectivity index (χ1v) is 7.77. The van der Waals surface area contributed by atoms with Gasteiger partial charge in [-0.3, -0.25) is 0 Å². The number of likely N-dealkylation sites (N-methyl/N-ethyl adjacent to an activating group) is 1. The number of likely N-dealkylation sites (tertiary alicyclic amines) is 1. The molecule has 2 rings (SSSR count). The number of benzene rings is 1. The molecule has 1 aliphatic heterocycles. The molecule has 1 N–H and O–H groups in total. The minimum absolute atomic E-state index is 0.132. The fourth-order valence-electron chi connectivity index (χ4n) is 2.84. The minimum atomic E-state index is -0.321. The molecule has 1 saturated heterocycles. The number of thioether (sulfide) groups is 1. The normalized spacial score (nSPS) is 29.4. The van der Waals surface area contributed by atoms with E-state index in [4.69, 9.17) is 0 Å². The monoisotopic (exact) mass is 279 g/mol. The summed E-state index contributed by atoms with van der Waals surface area (Å²) in [6.45, 7) is 8.47. The van der Waals surface area contributed by atoms with Gasteiger partial charge in [-0.1, -0.05) is 51.1 Å². The molecular weight excluding hydrogens is 254 g/mol. The summed E-state index contributed by atoms with van der Waals surface area (Å²) in [6, 6.07) is 10.5. The smallest absolute Gasteiger partial charge is 0.0854 e. The first-order valence-electron chi connectivity index (χ1n) is 6.96. The molecule has 0 spiro atoms. The van der Waals surface area contributed by atoms with Crippen LogP contribution in [0.1, 0.15) is 32.8 Å². The molecule has 0 saturated carbocycles.